The van der Waals surface area contributed by atoms with E-state index in [2.05, 4.69) is 4.74 Å². The van der Waals surface area contributed by atoms with Crippen molar-refractivity contribution in [1.29, 1.82) is 0 Å². The Hall–Kier alpha value is -0.180. The Bertz CT molecular complexity index is 86.1. The molecule has 0 atom stereocenters. The summed E-state index contributed by atoms with van der Waals surface area (Å²) < 4.78 is 26.9. The second-order valence-corrected chi connectivity index (χ2v) is 3.44. The van der Waals surface area contributed by atoms with Gasteiger partial charge in [-0.15, -0.1) is 0 Å². The van der Waals surface area contributed by atoms with Gasteiger partial charge in [0.1, 0.15) is 0 Å². The van der Waals surface area contributed by atoms with Crippen LogP contribution in [-0.2, 0) is 4.74 Å². The van der Waals surface area contributed by atoms with Crippen LogP contribution in [0.5, 0.6) is 0 Å². The first kappa shape index (κ1) is 9.82. The summed E-state index contributed by atoms with van der Waals surface area (Å²) >= 11 is 0. The van der Waals surface area contributed by atoms with Crippen LogP contribution in [0.3, 0.4) is 0 Å². The third kappa shape index (κ3) is 7.82. The maximum absolute atomic E-state index is 11.4. The van der Waals surface area contributed by atoms with Gasteiger partial charge in [-0.1, -0.05) is 20.8 Å². The molecule has 0 rings (SSSR count). The van der Waals surface area contributed by atoms with E-state index in [0.717, 1.165) is 0 Å². The number of rotatable bonds is 3. The molecule has 10 heavy (non-hydrogen) atoms. The molecule has 0 saturated heterocycles. The molecule has 0 aromatic carbocycles. The fourth-order valence-corrected chi connectivity index (χ4v) is 0.454. The van der Waals surface area contributed by atoms with E-state index >= 15 is 0 Å². The molecule has 0 unspecified atom stereocenters. The lowest BCUT2D eigenvalue weighted by molar-refractivity contribution is -0.133. The predicted molar refractivity (Wildman–Crippen MR) is 36.0 cm³/mol. The Kier molecular flexibility index (Phi) is 3.79. The number of alkyl halides is 2. The molecule has 0 aromatic rings. The van der Waals surface area contributed by atoms with E-state index in [-0.39, 0.29) is 12.0 Å². The Morgan fingerprint density at radius 1 is 1.30 bits per heavy atom. The van der Waals surface area contributed by atoms with Gasteiger partial charge in [-0.3, -0.25) is 0 Å². The Morgan fingerprint density at radius 2 is 1.80 bits per heavy atom. The van der Waals surface area contributed by atoms with Crippen molar-refractivity contribution in [2.75, 3.05) is 6.61 Å². The van der Waals surface area contributed by atoms with Gasteiger partial charge in [0.2, 0.25) is 0 Å². The van der Waals surface area contributed by atoms with Crippen molar-refractivity contribution in [2.24, 2.45) is 5.41 Å². The summed E-state index contributed by atoms with van der Waals surface area (Å²) in [5.74, 6) is 0. The average molecular weight is 152 g/mol. The fraction of sp³-hybridized carbons (Fsp3) is 1.00. The minimum atomic E-state index is -2.62. The number of halogens is 2. The molecule has 0 N–H and O–H groups in total. The number of hydrogen-bond acceptors (Lipinski definition) is 1. The Labute approximate surface area is 60.4 Å². The second kappa shape index (κ2) is 3.86. The van der Waals surface area contributed by atoms with Crippen molar-refractivity contribution in [2.45, 2.75) is 33.8 Å². The molecule has 0 fully saturated rings. The van der Waals surface area contributed by atoms with Gasteiger partial charge < -0.3 is 4.74 Å². The van der Waals surface area contributed by atoms with Crippen molar-refractivity contribution in [3.63, 3.8) is 0 Å². The molecule has 0 heterocycles. The van der Waals surface area contributed by atoms with Gasteiger partial charge in [-0.05, 0) is 11.8 Å². The molecule has 0 aliphatic heterocycles. The largest absolute Gasteiger partial charge is 0.345 e. The Morgan fingerprint density at radius 3 is 2.10 bits per heavy atom. The number of ether oxygens (including phenoxy) is 1. The first-order valence-electron chi connectivity index (χ1n) is 3.31. The van der Waals surface area contributed by atoms with Crippen molar-refractivity contribution in [1.82, 2.24) is 0 Å². The van der Waals surface area contributed by atoms with Gasteiger partial charge in [-0.25, -0.2) is 0 Å². The Balaban J connectivity index is 3.21. The topological polar surface area (TPSA) is 9.23 Å². The van der Waals surface area contributed by atoms with Gasteiger partial charge in [0.25, 0.3) is 0 Å². The summed E-state index contributed by atoms with van der Waals surface area (Å²) in [6.07, 6.45) is 0.664. The zero-order valence-corrected chi connectivity index (χ0v) is 6.66. The molecular formula is C7H14F2O. The fourth-order valence-electron chi connectivity index (χ4n) is 0.454. The van der Waals surface area contributed by atoms with E-state index in [1.165, 1.54) is 0 Å². The van der Waals surface area contributed by atoms with E-state index in [4.69, 9.17) is 0 Å². The lowest BCUT2D eigenvalue weighted by Gasteiger charge is -2.17. The van der Waals surface area contributed by atoms with Gasteiger partial charge in [-0.2, -0.15) is 8.78 Å². The summed E-state index contributed by atoms with van der Waals surface area (Å²) in [6, 6.07) is 0. The smallest absolute Gasteiger partial charge is 0.323 e. The predicted octanol–water partition coefficient (Wildman–Crippen LogP) is 2.66. The summed E-state index contributed by atoms with van der Waals surface area (Å²) in [5, 5.41) is 0. The van der Waals surface area contributed by atoms with Crippen LogP contribution in [0, 0.1) is 5.41 Å². The van der Waals surface area contributed by atoms with Crippen LogP contribution in [0.15, 0.2) is 0 Å². The van der Waals surface area contributed by atoms with Crippen LogP contribution in [-0.4, -0.2) is 13.2 Å². The minimum absolute atomic E-state index is 0.0783. The zero-order valence-electron chi connectivity index (χ0n) is 6.66. The zero-order chi connectivity index (χ0) is 8.20. The third-order valence-electron chi connectivity index (χ3n) is 1.10. The molecule has 0 aromatic heterocycles. The van der Waals surface area contributed by atoms with Crippen molar-refractivity contribution < 1.29 is 13.5 Å². The van der Waals surface area contributed by atoms with Crippen molar-refractivity contribution >= 4 is 0 Å². The van der Waals surface area contributed by atoms with E-state index in [1.807, 2.05) is 20.8 Å². The molecule has 3 heteroatoms. The molecule has 0 aliphatic rings. The maximum Gasteiger partial charge on any atom is 0.345 e. The maximum atomic E-state index is 11.4. The molecule has 0 amide bonds. The van der Waals surface area contributed by atoms with Crippen LogP contribution in [0.25, 0.3) is 0 Å². The highest BCUT2D eigenvalue weighted by Gasteiger charge is 2.11. The molecule has 0 aliphatic carbocycles. The van der Waals surface area contributed by atoms with Gasteiger partial charge in [0.15, 0.2) is 0 Å². The highest BCUT2D eigenvalue weighted by Crippen LogP contribution is 2.18. The molecule has 1 nitrogen and oxygen atoms in total. The van der Waals surface area contributed by atoms with E-state index in [0.29, 0.717) is 6.42 Å². The lowest BCUT2D eigenvalue weighted by Crippen LogP contribution is -2.11. The highest BCUT2D eigenvalue weighted by atomic mass is 19.3. The van der Waals surface area contributed by atoms with Crippen molar-refractivity contribution in [3.05, 3.63) is 0 Å². The first-order valence-corrected chi connectivity index (χ1v) is 3.31. The average Bonchev–Trinajstić information content (AvgIpc) is 1.59. The van der Waals surface area contributed by atoms with Crippen LogP contribution < -0.4 is 0 Å². The standard InChI is InChI=1S/C7H14F2O/c1-7(2,3)4-5-10-6(8)9/h6H,4-5H2,1-3H3. The highest BCUT2D eigenvalue weighted by molar-refractivity contribution is 4.59. The van der Waals surface area contributed by atoms with Gasteiger partial charge in [0, 0.05) is 0 Å². The summed E-state index contributed by atoms with van der Waals surface area (Å²) in [7, 11) is 0. The molecule has 62 valence electrons. The summed E-state index contributed by atoms with van der Waals surface area (Å²) in [5.41, 5.74) is 0.0783. The lowest BCUT2D eigenvalue weighted by atomic mass is 9.93. The summed E-state index contributed by atoms with van der Waals surface area (Å²) in [4.78, 5) is 0. The van der Waals surface area contributed by atoms with Gasteiger partial charge in [0.05, 0.1) is 6.61 Å². The molecular weight excluding hydrogens is 138 g/mol. The minimum Gasteiger partial charge on any atom is -0.323 e. The normalized spacial score (nSPS) is 12.6. The molecule has 0 bridgehead atoms. The second-order valence-electron chi connectivity index (χ2n) is 3.44. The molecule has 0 saturated carbocycles. The molecule has 0 spiro atoms. The summed E-state index contributed by atoms with van der Waals surface area (Å²) in [6.45, 7) is 3.48. The van der Waals surface area contributed by atoms with Crippen LogP contribution in [0.2, 0.25) is 0 Å². The van der Waals surface area contributed by atoms with Crippen LogP contribution >= 0.6 is 0 Å². The first-order chi connectivity index (χ1) is 4.42. The van der Waals surface area contributed by atoms with Gasteiger partial charge >= 0.3 is 6.61 Å². The van der Waals surface area contributed by atoms with E-state index in [1.54, 1.807) is 0 Å². The SMILES string of the molecule is CC(C)(C)CCOC(F)F. The van der Waals surface area contributed by atoms with Crippen molar-refractivity contribution in [3.8, 4) is 0 Å². The van der Waals surface area contributed by atoms with E-state index in [9.17, 15) is 8.78 Å². The molecule has 0 radical (unpaired) electrons. The van der Waals surface area contributed by atoms with E-state index < -0.39 is 6.61 Å². The number of hydrogen-bond donors (Lipinski definition) is 0. The van der Waals surface area contributed by atoms with Crippen LogP contribution in [0.4, 0.5) is 8.78 Å². The van der Waals surface area contributed by atoms with Crippen LogP contribution in [0.1, 0.15) is 27.2 Å². The quantitative estimate of drug-likeness (QED) is 0.604. The third-order valence-corrected chi connectivity index (χ3v) is 1.10. The monoisotopic (exact) mass is 152 g/mol.